The summed E-state index contributed by atoms with van der Waals surface area (Å²) in [6.07, 6.45) is 0.560. The lowest BCUT2D eigenvalue weighted by Gasteiger charge is -2.06. The highest BCUT2D eigenvalue weighted by molar-refractivity contribution is 9.10. The Morgan fingerprint density at radius 3 is 2.69 bits per heavy atom. The highest BCUT2D eigenvalue weighted by Crippen LogP contribution is 2.24. The zero-order valence-corrected chi connectivity index (χ0v) is 10.9. The Morgan fingerprint density at radius 1 is 1.44 bits per heavy atom. The fraction of sp³-hybridized carbons (Fsp3) is 0.300. The summed E-state index contributed by atoms with van der Waals surface area (Å²) in [5.74, 6) is -0.0492. The van der Waals surface area contributed by atoms with Crippen LogP contribution in [-0.4, -0.2) is 14.2 Å². The topological polar surface area (TPSA) is 84.0 Å². The maximum Gasteiger partial charge on any atom is 0.180 e. The van der Waals surface area contributed by atoms with Crippen molar-refractivity contribution in [3.05, 3.63) is 22.7 Å². The highest BCUT2D eigenvalue weighted by Gasteiger charge is 2.17. The second-order valence-electron chi connectivity index (χ2n) is 3.26. The van der Waals surface area contributed by atoms with Gasteiger partial charge in [-0.2, -0.15) is 5.26 Å². The summed E-state index contributed by atoms with van der Waals surface area (Å²) in [6, 6.07) is 6.57. The Hall–Kier alpha value is -1.06. The fourth-order valence-corrected chi connectivity index (χ4v) is 3.07. The molecule has 2 N–H and O–H groups in total. The normalized spacial score (nSPS) is 11.0. The van der Waals surface area contributed by atoms with Gasteiger partial charge in [-0.15, -0.1) is 0 Å². The van der Waals surface area contributed by atoms with Crippen molar-refractivity contribution < 1.29 is 8.42 Å². The number of anilines is 1. The fourth-order valence-electron chi connectivity index (χ4n) is 1.25. The first-order valence-corrected chi connectivity index (χ1v) is 7.06. The van der Waals surface area contributed by atoms with E-state index in [9.17, 15) is 8.42 Å². The molecule has 16 heavy (non-hydrogen) atoms. The molecule has 0 saturated heterocycles. The first-order valence-electron chi connectivity index (χ1n) is 4.62. The van der Waals surface area contributed by atoms with Crippen molar-refractivity contribution in [2.75, 3.05) is 11.5 Å². The van der Waals surface area contributed by atoms with Gasteiger partial charge in [-0.25, -0.2) is 8.42 Å². The number of nitrogens with two attached hydrogens (primary N) is 1. The monoisotopic (exact) mass is 302 g/mol. The molecule has 6 heteroatoms. The molecule has 0 amide bonds. The van der Waals surface area contributed by atoms with Crippen molar-refractivity contribution >= 4 is 31.5 Å². The molecule has 0 bridgehead atoms. The predicted molar refractivity (Wildman–Crippen MR) is 65.5 cm³/mol. The average Bonchev–Trinajstić information content (AvgIpc) is 2.17. The van der Waals surface area contributed by atoms with Crippen LogP contribution in [0.5, 0.6) is 0 Å². The number of benzene rings is 1. The van der Waals surface area contributed by atoms with Crippen molar-refractivity contribution in [1.82, 2.24) is 0 Å². The molecule has 1 rings (SSSR count). The van der Waals surface area contributed by atoms with Gasteiger partial charge in [0.25, 0.3) is 0 Å². The van der Waals surface area contributed by atoms with E-state index in [2.05, 4.69) is 15.9 Å². The van der Waals surface area contributed by atoms with Gasteiger partial charge in [-0.05, 0) is 24.6 Å². The first kappa shape index (κ1) is 13.0. The zero-order chi connectivity index (χ0) is 12.2. The average molecular weight is 303 g/mol. The number of nitrogens with zero attached hydrogens (tertiary/aromatic N) is 1. The standard InChI is InChI=1S/C10H11BrN2O2S/c11-8-3-4-10(9(13)7-8)16(14,15)6-2-1-5-12/h3-4,7H,1-2,6,13H2. The molecule has 1 aromatic carbocycles. The third-order valence-electron chi connectivity index (χ3n) is 2.01. The van der Waals surface area contributed by atoms with Gasteiger partial charge < -0.3 is 5.73 Å². The molecule has 0 fully saturated rings. The van der Waals surface area contributed by atoms with Crippen LogP contribution in [0.4, 0.5) is 5.69 Å². The van der Waals surface area contributed by atoms with Gasteiger partial charge in [0.15, 0.2) is 9.84 Å². The molecule has 86 valence electrons. The van der Waals surface area contributed by atoms with Crippen LogP contribution in [0.3, 0.4) is 0 Å². The minimum atomic E-state index is -3.38. The van der Waals surface area contributed by atoms with E-state index in [0.717, 1.165) is 4.47 Å². The highest BCUT2D eigenvalue weighted by atomic mass is 79.9. The van der Waals surface area contributed by atoms with E-state index >= 15 is 0 Å². The molecule has 0 radical (unpaired) electrons. The molecule has 0 aliphatic rings. The number of hydrogen-bond donors (Lipinski definition) is 1. The van der Waals surface area contributed by atoms with Gasteiger partial charge in [0, 0.05) is 10.9 Å². The van der Waals surface area contributed by atoms with Crippen molar-refractivity contribution in [1.29, 1.82) is 5.26 Å². The predicted octanol–water partition coefficient (Wildman–Crippen LogP) is 2.11. The van der Waals surface area contributed by atoms with Crippen LogP contribution in [-0.2, 0) is 9.84 Å². The van der Waals surface area contributed by atoms with Gasteiger partial charge >= 0.3 is 0 Å². The van der Waals surface area contributed by atoms with E-state index in [1.165, 1.54) is 6.07 Å². The minimum Gasteiger partial charge on any atom is -0.398 e. The number of sulfone groups is 1. The Kier molecular flexibility index (Phi) is 4.33. The van der Waals surface area contributed by atoms with Crippen LogP contribution in [0.2, 0.25) is 0 Å². The maximum atomic E-state index is 11.8. The second-order valence-corrected chi connectivity index (χ2v) is 6.26. The first-order chi connectivity index (χ1) is 7.47. The lowest BCUT2D eigenvalue weighted by Crippen LogP contribution is -2.09. The summed E-state index contributed by atoms with van der Waals surface area (Å²) in [5.41, 5.74) is 5.87. The molecule has 0 spiro atoms. The number of rotatable bonds is 4. The molecule has 0 saturated carbocycles. The summed E-state index contributed by atoms with van der Waals surface area (Å²) >= 11 is 3.21. The van der Waals surface area contributed by atoms with Crippen LogP contribution < -0.4 is 5.73 Å². The third-order valence-corrected chi connectivity index (χ3v) is 4.37. The van der Waals surface area contributed by atoms with Crippen LogP contribution >= 0.6 is 15.9 Å². The van der Waals surface area contributed by atoms with Crippen LogP contribution in [0.1, 0.15) is 12.8 Å². The smallest absolute Gasteiger partial charge is 0.180 e. The van der Waals surface area contributed by atoms with E-state index in [4.69, 9.17) is 11.0 Å². The van der Waals surface area contributed by atoms with Crippen molar-refractivity contribution in [2.45, 2.75) is 17.7 Å². The number of unbranched alkanes of at least 4 members (excludes halogenated alkanes) is 1. The summed E-state index contributed by atoms with van der Waals surface area (Å²) in [5, 5.41) is 8.35. The second kappa shape index (κ2) is 5.32. The minimum absolute atomic E-state index is 0.0492. The Morgan fingerprint density at radius 2 is 2.12 bits per heavy atom. The van der Waals surface area contributed by atoms with E-state index < -0.39 is 9.84 Å². The van der Waals surface area contributed by atoms with Gasteiger partial charge in [0.2, 0.25) is 0 Å². The van der Waals surface area contributed by atoms with Crippen LogP contribution in [0.25, 0.3) is 0 Å². The van der Waals surface area contributed by atoms with E-state index in [1.54, 1.807) is 12.1 Å². The molecule has 0 aliphatic carbocycles. The zero-order valence-electron chi connectivity index (χ0n) is 8.48. The number of halogens is 1. The van der Waals surface area contributed by atoms with E-state index in [1.807, 2.05) is 6.07 Å². The van der Waals surface area contributed by atoms with E-state index in [-0.39, 0.29) is 22.8 Å². The molecular weight excluding hydrogens is 292 g/mol. The third kappa shape index (κ3) is 3.22. The molecule has 1 aromatic rings. The lowest BCUT2D eigenvalue weighted by atomic mass is 10.3. The van der Waals surface area contributed by atoms with Crippen LogP contribution in [0, 0.1) is 11.3 Å². The molecule has 4 nitrogen and oxygen atoms in total. The molecule has 0 atom stereocenters. The lowest BCUT2D eigenvalue weighted by molar-refractivity contribution is 0.594. The molecule has 0 unspecified atom stereocenters. The van der Waals surface area contributed by atoms with Crippen molar-refractivity contribution in [2.24, 2.45) is 0 Å². The van der Waals surface area contributed by atoms with Gasteiger partial charge in [0.05, 0.1) is 22.4 Å². The Labute approximate surface area is 103 Å². The Bertz CT molecular complexity index is 520. The number of nitriles is 1. The largest absolute Gasteiger partial charge is 0.398 e. The number of nitrogen functional groups attached to an aromatic ring is 1. The summed E-state index contributed by atoms with van der Waals surface area (Å²) < 4.78 is 24.4. The SMILES string of the molecule is N#CCCCS(=O)(=O)c1ccc(Br)cc1N. The summed E-state index contributed by atoms with van der Waals surface area (Å²) in [4.78, 5) is 0.133. The molecule has 0 aliphatic heterocycles. The van der Waals surface area contributed by atoms with Crippen LogP contribution in [0.15, 0.2) is 27.6 Å². The van der Waals surface area contributed by atoms with Crippen molar-refractivity contribution in [3.63, 3.8) is 0 Å². The van der Waals surface area contributed by atoms with Crippen molar-refractivity contribution in [3.8, 4) is 6.07 Å². The molecular formula is C10H11BrN2O2S. The maximum absolute atomic E-state index is 11.8. The molecule has 0 heterocycles. The Balaban J connectivity index is 2.95. The van der Waals surface area contributed by atoms with Gasteiger partial charge in [0.1, 0.15) is 0 Å². The van der Waals surface area contributed by atoms with Gasteiger partial charge in [-0.3, -0.25) is 0 Å². The summed E-state index contributed by atoms with van der Waals surface area (Å²) in [7, 11) is -3.38. The molecule has 0 aromatic heterocycles. The number of hydrogen-bond acceptors (Lipinski definition) is 4. The quantitative estimate of drug-likeness (QED) is 0.682. The van der Waals surface area contributed by atoms with Gasteiger partial charge in [-0.1, -0.05) is 15.9 Å². The van der Waals surface area contributed by atoms with E-state index in [0.29, 0.717) is 6.42 Å². The summed E-state index contributed by atoms with van der Waals surface area (Å²) in [6.45, 7) is 0.